The first-order valence-corrected chi connectivity index (χ1v) is 10.6. The Hall–Kier alpha value is -1.71. The number of sulfonamides is 1. The molecule has 1 N–H and O–H groups in total. The Kier molecular flexibility index (Phi) is 4.65. The van der Waals surface area contributed by atoms with Crippen LogP contribution in [0.15, 0.2) is 40.1 Å². The molecule has 1 aromatic carbocycles. The van der Waals surface area contributed by atoms with Gasteiger partial charge < -0.3 is 0 Å². The standard InChI is InChI=1S/C14H15NO5S3/c1-9-7-13(10(2)21-9)14(16)15-23(19,20)12-6-4-5-11(8-12)22(3,17)18/h4-8H,1-3H3,(H,15,16). The van der Waals surface area contributed by atoms with E-state index in [1.165, 1.54) is 29.5 Å². The summed E-state index contributed by atoms with van der Waals surface area (Å²) < 4.78 is 49.6. The number of hydrogen-bond acceptors (Lipinski definition) is 6. The molecule has 0 saturated heterocycles. The van der Waals surface area contributed by atoms with Gasteiger partial charge in [0.25, 0.3) is 15.9 Å². The summed E-state index contributed by atoms with van der Waals surface area (Å²) in [7, 11) is -7.70. The van der Waals surface area contributed by atoms with Gasteiger partial charge in [-0.25, -0.2) is 21.6 Å². The molecule has 1 amide bonds. The largest absolute Gasteiger partial charge is 0.268 e. The molecule has 23 heavy (non-hydrogen) atoms. The van der Waals surface area contributed by atoms with Crippen LogP contribution >= 0.6 is 11.3 Å². The van der Waals surface area contributed by atoms with E-state index in [9.17, 15) is 21.6 Å². The average molecular weight is 373 g/mol. The summed E-state index contributed by atoms with van der Waals surface area (Å²) in [6.45, 7) is 3.54. The second kappa shape index (κ2) is 6.06. The highest BCUT2D eigenvalue weighted by Crippen LogP contribution is 2.21. The average Bonchev–Trinajstić information content (AvgIpc) is 2.76. The van der Waals surface area contributed by atoms with Crippen LogP contribution < -0.4 is 4.72 Å². The lowest BCUT2D eigenvalue weighted by atomic mass is 10.2. The van der Waals surface area contributed by atoms with Gasteiger partial charge in [0.1, 0.15) is 0 Å². The number of carbonyl (C=O) groups excluding carboxylic acids is 1. The van der Waals surface area contributed by atoms with Crippen molar-refractivity contribution in [2.45, 2.75) is 23.6 Å². The number of sulfone groups is 1. The Bertz CT molecular complexity index is 972. The Morgan fingerprint density at radius 1 is 1.04 bits per heavy atom. The number of thiophene rings is 1. The molecule has 6 nitrogen and oxygen atoms in total. The maximum atomic E-state index is 12.3. The zero-order chi connectivity index (χ0) is 17.4. The molecule has 1 heterocycles. The minimum Gasteiger partial charge on any atom is -0.268 e. The van der Waals surface area contributed by atoms with E-state index in [-0.39, 0.29) is 15.4 Å². The molecule has 0 atom stereocenters. The van der Waals surface area contributed by atoms with Gasteiger partial charge in [-0.2, -0.15) is 0 Å². The number of rotatable bonds is 4. The topological polar surface area (TPSA) is 97.4 Å². The van der Waals surface area contributed by atoms with Crippen molar-refractivity contribution in [1.82, 2.24) is 4.72 Å². The van der Waals surface area contributed by atoms with Gasteiger partial charge in [-0.1, -0.05) is 6.07 Å². The van der Waals surface area contributed by atoms with Crippen molar-refractivity contribution in [2.75, 3.05) is 6.26 Å². The fraction of sp³-hybridized carbons (Fsp3) is 0.214. The predicted octanol–water partition coefficient (Wildman–Crippen LogP) is 1.89. The van der Waals surface area contributed by atoms with E-state index in [4.69, 9.17) is 0 Å². The van der Waals surface area contributed by atoms with Crippen molar-refractivity contribution in [3.05, 3.63) is 45.6 Å². The molecule has 9 heteroatoms. The van der Waals surface area contributed by atoms with Crippen LogP contribution in [0.3, 0.4) is 0 Å². The van der Waals surface area contributed by atoms with Crippen LogP contribution in [0.2, 0.25) is 0 Å². The summed E-state index contributed by atoms with van der Waals surface area (Å²) in [5, 5.41) is 0. The van der Waals surface area contributed by atoms with Gasteiger partial charge in [-0.05, 0) is 38.1 Å². The maximum Gasteiger partial charge on any atom is 0.266 e. The zero-order valence-corrected chi connectivity index (χ0v) is 15.1. The number of nitrogens with one attached hydrogen (secondary N) is 1. The second-order valence-corrected chi connectivity index (χ2v) is 10.2. The van der Waals surface area contributed by atoms with Crippen molar-refractivity contribution in [1.29, 1.82) is 0 Å². The molecule has 0 radical (unpaired) electrons. The summed E-state index contributed by atoms with van der Waals surface area (Å²) in [5.74, 6) is -0.739. The van der Waals surface area contributed by atoms with Gasteiger partial charge in [0.15, 0.2) is 9.84 Å². The van der Waals surface area contributed by atoms with Gasteiger partial charge in [0, 0.05) is 16.0 Å². The Balaban J connectivity index is 2.36. The smallest absolute Gasteiger partial charge is 0.266 e. The molecule has 0 spiro atoms. The lowest BCUT2D eigenvalue weighted by Crippen LogP contribution is -2.30. The normalized spacial score (nSPS) is 12.1. The minimum absolute atomic E-state index is 0.129. The van der Waals surface area contributed by atoms with Crippen LogP contribution in [0.5, 0.6) is 0 Å². The maximum absolute atomic E-state index is 12.3. The molecular formula is C14H15NO5S3. The molecule has 2 aromatic rings. The van der Waals surface area contributed by atoms with Gasteiger partial charge in [0.2, 0.25) is 0 Å². The number of benzene rings is 1. The third-order valence-electron chi connectivity index (χ3n) is 3.06. The molecular weight excluding hydrogens is 358 g/mol. The SMILES string of the molecule is Cc1cc(C(=O)NS(=O)(=O)c2cccc(S(C)(=O)=O)c2)c(C)s1. The summed E-state index contributed by atoms with van der Waals surface area (Å²) in [5.41, 5.74) is 0.287. The van der Waals surface area contributed by atoms with Crippen molar-refractivity contribution in [2.24, 2.45) is 0 Å². The van der Waals surface area contributed by atoms with Gasteiger partial charge in [-0.15, -0.1) is 11.3 Å². The number of hydrogen-bond donors (Lipinski definition) is 1. The first-order valence-electron chi connectivity index (χ1n) is 6.45. The molecule has 0 aliphatic rings. The predicted molar refractivity (Wildman–Crippen MR) is 88.0 cm³/mol. The van der Waals surface area contributed by atoms with E-state index < -0.39 is 25.8 Å². The van der Waals surface area contributed by atoms with Gasteiger partial charge >= 0.3 is 0 Å². The van der Waals surface area contributed by atoms with E-state index in [2.05, 4.69) is 0 Å². The molecule has 0 fully saturated rings. The highest BCUT2D eigenvalue weighted by Gasteiger charge is 2.22. The second-order valence-electron chi connectivity index (χ2n) is 5.01. The minimum atomic E-state index is -4.16. The first kappa shape index (κ1) is 17.6. The van der Waals surface area contributed by atoms with Crippen molar-refractivity contribution >= 4 is 37.1 Å². The van der Waals surface area contributed by atoms with E-state index in [0.29, 0.717) is 4.88 Å². The van der Waals surface area contributed by atoms with Gasteiger partial charge in [-0.3, -0.25) is 4.79 Å². The Morgan fingerprint density at radius 3 is 2.17 bits per heavy atom. The number of carbonyl (C=O) groups is 1. The molecule has 0 aliphatic heterocycles. The summed E-state index contributed by atoms with van der Waals surface area (Å²) >= 11 is 1.39. The first-order chi connectivity index (χ1) is 10.5. The van der Waals surface area contributed by atoms with E-state index >= 15 is 0 Å². The third kappa shape index (κ3) is 3.98. The third-order valence-corrected chi connectivity index (χ3v) is 6.46. The molecule has 1 aromatic heterocycles. The molecule has 0 aliphatic carbocycles. The van der Waals surface area contributed by atoms with Crippen LogP contribution in [0, 0.1) is 13.8 Å². The molecule has 124 valence electrons. The number of amides is 1. The van der Waals surface area contributed by atoms with Crippen LogP contribution in [0.4, 0.5) is 0 Å². The van der Waals surface area contributed by atoms with Gasteiger partial charge in [0.05, 0.1) is 15.4 Å². The van der Waals surface area contributed by atoms with Crippen LogP contribution in [-0.2, 0) is 19.9 Å². The summed E-state index contributed by atoms with van der Waals surface area (Å²) in [6, 6.07) is 6.47. The summed E-state index contributed by atoms with van der Waals surface area (Å²) in [6.07, 6.45) is 0.981. The summed E-state index contributed by atoms with van der Waals surface area (Å²) in [4.78, 5) is 13.3. The molecule has 0 saturated carbocycles. The molecule has 0 bridgehead atoms. The Labute approximate surface area is 139 Å². The molecule has 0 unspecified atom stereocenters. The number of aryl methyl sites for hydroxylation is 2. The van der Waals surface area contributed by atoms with Crippen molar-refractivity contribution in [3.63, 3.8) is 0 Å². The molecule has 2 rings (SSSR count). The van der Waals surface area contributed by atoms with Crippen LogP contribution in [-0.4, -0.2) is 29.0 Å². The zero-order valence-electron chi connectivity index (χ0n) is 12.7. The van der Waals surface area contributed by atoms with E-state index in [0.717, 1.165) is 17.2 Å². The van der Waals surface area contributed by atoms with E-state index in [1.54, 1.807) is 13.0 Å². The quantitative estimate of drug-likeness (QED) is 0.882. The van der Waals surface area contributed by atoms with Crippen LogP contribution in [0.1, 0.15) is 20.1 Å². The Morgan fingerprint density at radius 2 is 1.65 bits per heavy atom. The van der Waals surface area contributed by atoms with E-state index in [1.807, 2.05) is 11.6 Å². The monoisotopic (exact) mass is 373 g/mol. The fourth-order valence-corrected chi connectivity index (χ4v) is 4.64. The lowest BCUT2D eigenvalue weighted by Gasteiger charge is -2.08. The fourth-order valence-electron chi connectivity index (χ4n) is 1.96. The van der Waals surface area contributed by atoms with Crippen LogP contribution in [0.25, 0.3) is 0 Å². The van der Waals surface area contributed by atoms with Crippen molar-refractivity contribution in [3.8, 4) is 0 Å². The highest BCUT2D eigenvalue weighted by atomic mass is 32.2. The highest BCUT2D eigenvalue weighted by molar-refractivity contribution is 7.91. The van der Waals surface area contributed by atoms with Crippen molar-refractivity contribution < 1.29 is 21.6 Å². The lowest BCUT2D eigenvalue weighted by molar-refractivity contribution is 0.0981.